The highest BCUT2D eigenvalue weighted by molar-refractivity contribution is 7.94. The maximum absolute atomic E-state index is 12.3. The van der Waals surface area contributed by atoms with Gasteiger partial charge in [-0.25, -0.2) is 8.42 Å². The summed E-state index contributed by atoms with van der Waals surface area (Å²) in [4.78, 5) is 3.98. The van der Waals surface area contributed by atoms with E-state index in [9.17, 15) is 8.42 Å². The summed E-state index contributed by atoms with van der Waals surface area (Å²) in [5.74, 6) is 0. The highest BCUT2D eigenvalue weighted by Crippen LogP contribution is 2.29. The van der Waals surface area contributed by atoms with Crippen LogP contribution < -0.4 is 4.72 Å². The molecule has 3 aromatic rings. The average Bonchev–Trinajstić information content (AvgIpc) is 3.03. The van der Waals surface area contributed by atoms with E-state index >= 15 is 0 Å². The number of hydrogen-bond donors (Lipinski definition) is 1. The van der Waals surface area contributed by atoms with E-state index in [2.05, 4.69) is 9.71 Å². The van der Waals surface area contributed by atoms with Crippen LogP contribution in [0.2, 0.25) is 0 Å². The summed E-state index contributed by atoms with van der Waals surface area (Å²) in [5.41, 5.74) is 2.28. The molecular weight excluding hydrogens is 304 g/mol. The van der Waals surface area contributed by atoms with Gasteiger partial charge in [-0.15, -0.1) is 11.3 Å². The summed E-state index contributed by atoms with van der Waals surface area (Å²) < 4.78 is 27.6. The molecule has 1 N–H and O–H groups in total. The molecular formula is C15H12N2O2S2. The van der Waals surface area contributed by atoms with Crippen molar-refractivity contribution in [3.05, 3.63) is 66.3 Å². The number of benzene rings is 1. The molecule has 0 spiro atoms. The maximum Gasteiger partial charge on any atom is 0.271 e. The first-order chi connectivity index (χ1) is 10.2. The van der Waals surface area contributed by atoms with E-state index in [4.69, 9.17) is 0 Å². The third kappa shape index (κ3) is 2.96. The second kappa shape index (κ2) is 5.67. The molecule has 0 radical (unpaired) electrons. The monoisotopic (exact) mass is 316 g/mol. The molecule has 21 heavy (non-hydrogen) atoms. The number of thiophene rings is 1. The summed E-state index contributed by atoms with van der Waals surface area (Å²) in [7, 11) is -3.55. The molecule has 0 aliphatic heterocycles. The predicted octanol–water partition coefficient (Wildman–Crippen LogP) is 3.61. The molecule has 0 bridgehead atoms. The first-order valence-corrected chi connectivity index (χ1v) is 8.59. The van der Waals surface area contributed by atoms with Crippen molar-refractivity contribution in [3.63, 3.8) is 0 Å². The summed E-state index contributed by atoms with van der Waals surface area (Å²) >= 11 is 1.19. The number of sulfonamides is 1. The van der Waals surface area contributed by atoms with E-state index in [-0.39, 0.29) is 0 Å². The molecule has 6 heteroatoms. The zero-order valence-electron chi connectivity index (χ0n) is 10.9. The Labute approximate surface area is 127 Å². The Kier molecular flexibility index (Phi) is 3.72. The second-order valence-corrected chi connectivity index (χ2v) is 7.18. The molecule has 4 nitrogen and oxygen atoms in total. The minimum Gasteiger partial charge on any atom is -0.278 e. The quantitative estimate of drug-likeness (QED) is 0.800. The van der Waals surface area contributed by atoms with Crippen LogP contribution in [-0.4, -0.2) is 13.4 Å². The lowest BCUT2D eigenvalue weighted by Crippen LogP contribution is -2.12. The van der Waals surface area contributed by atoms with Crippen LogP contribution in [0.1, 0.15) is 0 Å². The van der Waals surface area contributed by atoms with Crippen molar-refractivity contribution in [3.8, 4) is 11.1 Å². The van der Waals surface area contributed by atoms with Gasteiger partial charge in [0, 0.05) is 18.0 Å². The van der Waals surface area contributed by atoms with Gasteiger partial charge in [-0.05, 0) is 35.2 Å². The van der Waals surface area contributed by atoms with E-state index in [0.717, 1.165) is 11.1 Å². The lowest BCUT2D eigenvalue weighted by Gasteiger charge is -2.11. The van der Waals surface area contributed by atoms with Gasteiger partial charge in [0.2, 0.25) is 0 Å². The zero-order chi connectivity index (χ0) is 14.7. The average molecular weight is 316 g/mol. The molecule has 0 atom stereocenters. The van der Waals surface area contributed by atoms with Gasteiger partial charge in [-0.2, -0.15) is 0 Å². The number of pyridine rings is 1. The lowest BCUT2D eigenvalue weighted by molar-refractivity contribution is 0.603. The highest BCUT2D eigenvalue weighted by Gasteiger charge is 2.17. The van der Waals surface area contributed by atoms with Crippen molar-refractivity contribution >= 4 is 27.0 Å². The Morgan fingerprint density at radius 2 is 1.71 bits per heavy atom. The number of nitrogens with zero attached hydrogens (tertiary/aromatic N) is 1. The molecule has 0 unspecified atom stereocenters. The fraction of sp³-hybridized carbons (Fsp3) is 0. The topological polar surface area (TPSA) is 59.1 Å². The SMILES string of the molecule is O=S(=O)(Nc1ccccc1-c1ccncc1)c1cccs1. The maximum atomic E-state index is 12.3. The molecule has 1 aromatic carbocycles. The Hall–Kier alpha value is -2.18. The number of aromatic nitrogens is 1. The van der Waals surface area contributed by atoms with E-state index in [1.807, 2.05) is 24.3 Å². The number of hydrogen-bond acceptors (Lipinski definition) is 4. The molecule has 0 aliphatic carbocycles. The van der Waals surface area contributed by atoms with Crippen LogP contribution in [0.25, 0.3) is 11.1 Å². The van der Waals surface area contributed by atoms with Crippen LogP contribution >= 0.6 is 11.3 Å². The molecule has 0 saturated carbocycles. The molecule has 0 aliphatic rings. The first-order valence-electron chi connectivity index (χ1n) is 6.22. The Balaban J connectivity index is 2.01. The summed E-state index contributed by atoms with van der Waals surface area (Å²) in [6, 6.07) is 14.3. The standard InChI is InChI=1S/C15H12N2O2S2/c18-21(19,15-6-3-11-20-15)17-14-5-2-1-4-13(14)12-7-9-16-10-8-12/h1-11,17H. The molecule has 2 heterocycles. The smallest absolute Gasteiger partial charge is 0.271 e. The molecule has 0 fully saturated rings. The van der Waals surface area contributed by atoms with Crippen molar-refractivity contribution in [2.75, 3.05) is 4.72 Å². The van der Waals surface area contributed by atoms with Crippen LogP contribution in [0.15, 0.2) is 70.5 Å². The predicted molar refractivity (Wildman–Crippen MR) is 84.8 cm³/mol. The van der Waals surface area contributed by atoms with Crippen molar-refractivity contribution in [2.24, 2.45) is 0 Å². The summed E-state index contributed by atoms with van der Waals surface area (Å²) in [5, 5.41) is 1.74. The van der Waals surface area contributed by atoms with Crippen LogP contribution in [0, 0.1) is 0 Å². The van der Waals surface area contributed by atoms with Crippen molar-refractivity contribution < 1.29 is 8.42 Å². The van der Waals surface area contributed by atoms with Gasteiger partial charge in [0.1, 0.15) is 4.21 Å². The lowest BCUT2D eigenvalue weighted by atomic mass is 10.1. The highest BCUT2D eigenvalue weighted by atomic mass is 32.2. The Morgan fingerprint density at radius 1 is 0.952 bits per heavy atom. The third-order valence-electron chi connectivity index (χ3n) is 2.92. The summed E-state index contributed by atoms with van der Waals surface area (Å²) in [6.07, 6.45) is 3.36. The van der Waals surface area contributed by atoms with Gasteiger partial charge >= 0.3 is 0 Å². The first kappa shape index (κ1) is 13.8. The normalized spacial score (nSPS) is 11.2. The van der Waals surface area contributed by atoms with Crippen molar-refractivity contribution in [2.45, 2.75) is 4.21 Å². The van der Waals surface area contributed by atoms with Crippen molar-refractivity contribution in [1.29, 1.82) is 0 Å². The molecule has 106 valence electrons. The third-order valence-corrected chi connectivity index (χ3v) is 5.69. The van der Waals surface area contributed by atoms with Crippen LogP contribution in [0.5, 0.6) is 0 Å². The number of nitrogens with one attached hydrogen (secondary N) is 1. The van der Waals surface area contributed by atoms with Gasteiger partial charge in [0.05, 0.1) is 5.69 Å². The van der Waals surface area contributed by atoms with Gasteiger partial charge < -0.3 is 0 Å². The van der Waals surface area contributed by atoms with Crippen LogP contribution in [-0.2, 0) is 10.0 Å². The molecule has 2 aromatic heterocycles. The number of para-hydroxylation sites is 1. The fourth-order valence-electron chi connectivity index (χ4n) is 1.97. The minimum atomic E-state index is -3.55. The van der Waals surface area contributed by atoms with E-state index in [1.165, 1.54) is 11.3 Å². The van der Waals surface area contributed by atoms with Crippen molar-refractivity contribution in [1.82, 2.24) is 4.98 Å². The Bertz CT molecular complexity index is 829. The molecule has 0 amide bonds. The van der Waals surface area contributed by atoms with Gasteiger partial charge in [-0.1, -0.05) is 24.3 Å². The van der Waals surface area contributed by atoms with Crippen LogP contribution in [0.4, 0.5) is 5.69 Å². The summed E-state index contributed by atoms with van der Waals surface area (Å²) in [6.45, 7) is 0. The zero-order valence-corrected chi connectivity index (χ0v) is 12.6. The van der Waals surface area contributed by atoms with E-state index in [0.29, 0.717) is 9.90 Å². The minimum absolute atomic E-state index is 0.298. The second-order valence-electron chi connectivity index (χ2n) is 4.32. The van der Waals surface area contributed by atoms with E-state index in [1.54, 1.807) is 42.0 Å². The number of anilines is 1. The van der Waals surface area contributed by atoms with Crippen LogP contribution in [0.3, 0.4) is 0 Å². The molecule has 0 saturated heterocycles. The Morgan fingerprint density at radius 3 is 2.43 bits per heavy atom. The van der Waals surface area contributed by atoms with Gasteiger partial charge in [0.25, 0.3) is 10.0 Å². The number of rotatable bonds is 4. The largest absolute Gasteiger partial charge is 0.278 e. The van der Waals surface area contributed by atoms with Gasteiger partial charge in [0.15, 0.2) is 0 Å². The van der Waals surface area contributed by atoms with Gasteiger partial charge in [-0.3, -0.25) is 9.71 Å². The van der Waals surface area contributed by atoms with E-state index < -0.39 is 10.0 Å². The fourth-order valence-corrected chi connectivity index (χ4v) is 4.04. The molecule has 3 rings (SSSR count).